The van der Waals surface area contributed by atoms with Gasteiger partial charge in [-0.15, -0.1) is 11.3 Å². The molecule has 0 saturated carbocycles. The first-order valence-electron chi connectivity index (χ1n) is 6.53. The van der Waals surface area contributed by atoms with Gasteiger partial charge >= 0.3 is 0 Å². The Bertz CT molecular complexity index is 569. The number of nitrogens with one attached hydrogen (secondary N) is 1. The van der Waals surface area contributed by atoms with E-state index in [1.54, 1.807) is 11.3 Å². The summed E-state index contributed by atoms with van der Waals surface area (Å²) in [5.74, 6) is 0.0216. The third kappa shape index (κ3) is 3.44. The molecule has 0 spiro atoms. The normalized spacial score (nSPS) is 10.5. The number of carbonyl (C=O) groups is 1. The molecule has 1 N–H and O–H groups in total. The van der Waals surface area contributed by atoms with Crippen LogP contribution in [-0.2, 0) is 13.0 Å². The highest BCUT2D eigenvalue weighted by molar-refractivity contribution is 7.14. The molecule has 0 aliphatic rings. The fourth-order valence-electron chi connectivity index (χ4n) is 1.96. The Morgan fingerprint density at radius 2 is 1.89 bits per heavy atom. The van der Waals surface area contributed by atoms with Gasteiger partial charge in [-0.25, -0.2) is 0 Å². The maximum atomic E-state index is 12.1. The summed E-state index contributed by atoms with van der Waals surface area (Å²) in [4.78, 5) is 14.1. The number of carbonyl (C=O) groups excluding carboxylic acids is 1. The molecule has 2 aromatic rings. The number of benzene rings is 1. The highest BCUT2D eigenvalue weighted by Gasteiger charge is 2.11. The van der Waals surface area contributed by atoms with E-state index in [-0.39, 0.29) is 5.91 Å². The lowest BCUT2D eigenvalue weighted by molar-refractivity contribution is 0.0955. The zero-order chi connectivity index (χ0) is 13.8. The molecule has 0 aliphatic carbocycles. The third-order valence-electron chi connectivity index (χ3n) is 3.20. The van der Waals surface area contributed by atoms with Crippen LogP contribution in [0.25, 0.3) is 0 Å². The lowest BCUT2D eigenvalue weighted by atomic mass is 10.1. The quantitative estimate of drug-likeness (QED) is 0.900. The molecule has 100 valence electrons. The van der Waals surface area contributed by atoms with Gasteiger partial charge in [0.1, 0.15) is 0 Å². The van der Waals surface area contributed by atoms with Crippen molar-refractivity contribution in [1.29, 1.82) is 0 Å². The monoisotopic (exact) mass is 273 g/mol. The summed E-state index contributed by atoms with van der Waals surface area (Å²) < 4.78 is 0. The maximum absolute atomic E-state index is 12.1. The molecule has 19 heavy (non-hydrogen) atoms. The van der Waals surface area contributed by atoms with Gasteiger partial charge < -0.3 is 5.32 Å². The van der Waals surface area contributed by atoms with Gasteiger partial charge in [0, 0.05) is 11.4 Å². The molecule has 0 bridgehead atoms. The average molecular weight is 273 g/mol. The second kappa shape index (κ2) is 6.02. The summed E-state index contributed by atoms with van der Waals surface area (Å²) >= 11 is 1.57. The fourth-order valence-corrected chi connectivity index (χ4v) is 2.99. The SMILES string of the molecule is CCc1cc(C(=O)NCc2ccc(C)cc2)sc1C. The lowest BCUT2D eigenvalue weighted by Gasteiger charge is -2.04. The molecule has 0 fully saturated rings. The molecule has 1 amide bonds. The summed E-state index contributed by atoms with van der Waals surface area (Å²) in [7, 11) is 0. The van der Waals surface area contributed by atoms with E-state index in [2.05, 4.69) is 38.2 Å². The number of hydrogen-bond acceptors (Lipinski definition) is 2. The second-order valence-corrected chi connectivity index (χ2v) is 5.97. The minimum Gasteiger partial charge on any atom is -0.347 e. The first kappa shape index (κ1) is 13.8. The Balaban J connectivity index is 1.99. The number of rotatable bonds is 4. The fraction of sp³-hybridized carbons (Fsp3) is 0.312. The Labute approximate surface area is 118 Å². The third-order valence-corrected chi connectivity index (χ3v) is 4.29. The predicted octanol–water partition coefficient (Wildman–Crippen LogP) is 3.86. The Kier molecular flexibility index (Phi) is 4.38. The molecule has 2 nitrogen and oxygen atoms in total. The minimum absolute atomic E-state index is 0.0216. The average Bonchev–Trinajstić information content (AvgIpc) is 2.79. The summed E-state index contributed by atoms with van der Waals surface area (Å²) in [5, 5.41) is 2.97. The van der Waals surface area contributed by atoms with Crippen LogP contribution in [0.4, 0.5) is 0 Å². The van der Waals surface area contributed by atoms with E-state index >= 15 is 0 Å². The molecule has 0 aliphatic heterocycles. The van der Waals surface area contributed by atoms with Crippen molar-refractivity contribution >= 4 is 17.2 Å². The van der Waals surface area contributed by atoms with Crippen LogP contribution in [0.2, 0.25) is 0 Å². The second-order valence-electron chi connectivity index (χ2n) is 4.71. The van der Waals surface area contributed by atoms with Crippen LogP contribution in [0.1, 0.15) is 38.2 Å². The van der Waals surface area contributed by atoms with Gasteiger partial charge in [-0.1, -0.05) is 36.8 Å². The molecule has 1 aromatic carbocycles. The standard InChI is InChI=1S/C16H19NOS/c1-4-14-9-15(19-12(14)3)16(18)17-10-13-7-5-11(2)6-8-13/h5-9H,4,10H2,1-3H3,(H,17,18). The molecule has 3 heteroatoms. The number of aryl methyl sites for hydroxylation is 3. The number of amides is 1. The van der Waals surface area contributed by atoms with Gasteiger partial charge in [-0.2, -0.15) is 0 Å². The molecule has 1 aromatic heterocycles. The van der Waals surface area contributed by atoms with Crippen LogP contribution >= 0.6 is 11.3 Å². The highest BCUT2D eigenvalue weighted by atomic mass is 32.1. The zero-order valence-electron chi connectivity index (χ0n) is 11.6. The predicted molar refractivity (Wildman–Crippen MR) is 80.8 cm³/mol. The first-order chi connectivity index (χ1) is 9.10. The van der Waals surface area contributed by atoms with Crippen LogP contribution in [0.15, 0.2) is 30.3 Å². The van der Waals surface area contributed by atoms with E-state index in [1.165, 1.54) is 16.0 Å². The van der Waals surface area contributed by atoms with Crippen molar-refractivity contribution in [3.63, 3.8) is 0 Å². The Morgan fingerprint density at radius 3 is 2.47 bits per heavy atom. The van der Waals surface area contributed by atoms with E-state index < -0.39 is 0 Å². The largest absolute Gasteiger partial charge is 0.347 e. The van der Waals surface area contributed by atoms with Crippen LogP contribution in [0.3, 0.4) is 0 Å². The summed E-state index contributed by atoms with van der Waals surface area (Å²) in [6, 6.07) is 10.2. The van der Waals surface area contributed by atoms with Crippen molar-refractivity contribution in [2.24, 2.45) is 0 Å². The molecule has 0 unspecified atom stereocenters. The van der Waals surface area contributed by atoms with Crippen molar-refractivity contribution in [3.05, 3.63) is 56.8 Å². The molecule has 0 radical (unpaired) electrons. The van der Waals surface area contributed by atoms with E-state index in [0.717, 1.165) is 16.9 Å². The molecular formula is C16H19NOS. The Morgan fingerprint density at radius 1 is 1.21 bits per heavy atom. The van der Waals surface area contributed by atoms with E-state index in [4.69, 9.17) is 0 Å². The molecule has 0 saturated heterocycles. The van der Waals surface area contributed by atoms with Crippen LogP contribution in [0, 0.1) is 13.8 Å². The van der Waals surface area contributed by atoms with Gasteiger partial charge in [0.2, 0.25) is 0 Å². The van der Waals surface area contributed by atoms with E-state index in [9.17, 15) is 4.79 Å². The number of thiophene rings is 1. The smallest absolute Gasteiger partial charge is 0.261 e. The van der Waals surface area contributed by atoms with Crippen LogP contribution in [-0.4, -0.2) is 5.91 Å². The van der Waals surface area contributed by atoms with Crippen molar-refractivity contribution in [2.45, 2.75) is 33.7 Å². The topological polar surface area (TPSA) is 29.1 Å². The van der Waals surface area contributed by atoms with Gasteiger partial charge in [0.25, 0.3) is 5.91 Å². The van der Waals surface area contributed by atoms with Crippen molar-refractivity contribution in [3.8, 4) is 0 Å². The van der Waals surface area contributed by atoms with Gasteiger partial charge in [-0.3, -0.25) is 4.79 Å². The maximum Gasteiger partial charge on any atom is 0.261 e. The van der Waals surface area contributed by atoms with Gasteiger partial charge in [-0.05, 0) is 37.5 Å². The molecule has 0 atom stereocenters. The molecule has 1 heterocycles. The van der Waals surface area contributed by atoms with E-state index in [1.807, 2.05) is 18.2 Å². The minimum atomic E-state index is 0.0216. The Hall–Kier alpha value is -1.61. The van der Waals surface area contributed by atoms with Crippen molar-refractivity contribution < 1.29 is 4.79 Å². The van der Waals surface area contributed by atoms with E-state index in [0.29, 0.717) is 6.54 Å². The molecular weight excluding hydrogens is 254 g/mol. The van der Waals surface area contributed by atoms with Crippen LogP contribution in [0.5, 0.6) is 0 Å². The summed E-state index contributed by atoms with van der Waals surface area (Å²) in [6.45, 7) is 6.82. The van der Waals surface area contributed by atoms with Crippen LogP contribution < -0.4 is 5.32 Å². The van der Waals surface area contributed by atoms with Crippen molar-refractivity contribution in [2.75, 3.05) is 0 Å². The zero-order valence-corrected chi connectivity index (χ0v) is 12.4. The van der Waals surface area contributed by atoms with Gasteiger partial charge in [0.05, 0.1) is 4.88 Å². The van der Waals surface area contributed by atoms with Crippen molar-refractivity contribution in [1.82, 2.24) is 5.32 Å². The lowest BCUT2D eigenvalue weighted by Crippen LogP contribution is -2.21. The highest BCUT2D eigenvalue weighted by Crippen LogP contribution is 2.21. The first-order valence-corrected chi connectivity index (χ1v) is 7.35. The molecule has 2 rings (SSSR count). The summed E-state index contributed by atoms with van der Waals surface area (Å²) in [6.07, 6.45) is 0.980. The van der Waals surface area contributed by atoms with Gasteiger partial charge in [0.15, 0.2) is 0 Å². The number of hydrogen-bond donors (Lipinski definition) is 1. The summed E-state index contributed by atoms with van der Waals surface area (Å²) in [5.41, 5.74) is 3.63.